The number of rotatable bonds is 4. The van der Waals surface area contributed by atoms with E-state index in [9.17, 15) is 10.1 Å². The van der Waals surface area contributed by atoms with Gasteiger partial charge in [0.2, 0.25) is 0 Å². The second-order valence-electron chi connectivity index (χ2n) is 7.91. The standard InChI is InChI=1S/C20H23BrN4O2/c1-12-9-16(12)25(19(26)27-20(2,3)4)11-17-23-15(10-22)18(24-17)13-5-7-14(21)8-6-13/h5-8,12,16H,9,11H2,1-4H3,(H,23,24)/t12?,16-/m1/s1. The van der Waals surface area contributed by atoms with Crippen LogP contribution in [0.2, 0.25) is 0 Å². The molecule has 1 saturated carbocycles. The zero-order valence-electron chi connectivity index (χ0n) is 15.9. The van der Waals surface area contributed by atoms with Crippen LogP contribution in [-0.4, -0.2) is 32.6 Å². The van der Waals surface area contributed by atoms with Crippen molar-refractivity contribution in [2.45, 2.75) is 52.3 Å². The first kappa shape index (κ1) is 19.4. The van der Waals surface area contributed by atoms with E-state index in [0.29, 0.717) is 23.1 Å². The van der Waals surface area contributed by atoms with E-state index in [4.69, 9.17) is 4.74 Å². The van der Waals surface area contributed by atoms with Crippen molar-refractivity contribution in [2.75, 3.05) is 0 Å². The molecule has 0 bridgehead atoms. The average Bonchev–Trinajstić information content (AvgIpc) is 3.15. The maximum atomic E-state index is 12.7. The largest absolute Gasteiger partial charge is 0.444 e. The number of ether oxygens (including phenoxy) is 1. The lowest BCUT2D eigenvalue weighted by molar-refractivity contribution is 0.0203. The van der Waals surface area contributed by atoms with E-state index in [1.165, 1.54) is 0 Å². The van der Waals surface area contributed by atoms with Gasteiger partial charge in [-0.15, -0.1) is 0 Å². The van der Waals surface area contributed by atoms with Crippen LogP contribution in [-0.2, 0) is 11.3 Å². The lowest BCUT2D eigenvalue weighted by atomic mass is 10.1. The first-order valence-electron chi connectivity index (χ1n) is 8.92. The van der Waals surface area contributed by atoms with Crippen LogP contribution >= 0.6 is 15.9 Å². The molecule has 3 rings (SSSR count). The van der Waals surface area contributed by atoms with Crippen molar-refractivity contribution in [2.24, 2.45) is 5.92 Å². The summed E-state index contributed by atoms with van der Waals surface area (Å²) in [6.07, 6.45) is 0.599. The molecule has 142 valence electrons. The number of nitrogens with one attached hydrogen (secondary N) is 1. The van der Waals surface area contributed by atoms with E-state index in [0.717, 1.165) is 16.5 Å². The van der Waals surface area contributed by atoms with Gasteiger partial charge in [0.15, 0.2) is 5.69 Å². The zero-order chi connectivity index (χ0) is 19.8. The number of imidazole rings is 1. The summed E-state index contributed by atoms with van der Waals surface area (Å²) in [5.41, 5.74) is 1.29. The predicted molar refractivity (Wildman–Crippen MR) is 106 cm³/mol. The summed E-state index contributed by atoms with van der Waals surface area (Å²) in [6.45, 7) is 7.95. The number of nitriles is 1. The van der Waals surface area contributed by atoms with Gasteiger partial charge in [-0.25, -0.2) is 9.78 Å². The normalized spacial score (nSPS) is 18.7. The quantitative estimate of drug-likeness (QED) is 0.750. The molecule has 2 aromatic rings. The number of carbonyl (C=O) groups is 1. The Hall–Kier alpha value is -2.33. The molecule has 1 amide bonds. The molecule has 1 aliphatic rings. The van der Waals surface area contributed by atoms with Crippen molar-refractivity contribution in [3.8, 4) is 17.3 Å². The SMILES string of the molecule is CC1C[C@H]1N(Cc1nc(C#N)c(-c2ccc(Br)cc2)[nH]1)C(=O)OC(C)(C)C. The minimum atomic E-state index is -0.559. The molecule has 1 unspecified atom stereocenters. The molecular formula is C20H23BrN4O2. The summed E-state index contributed by atoms with van der Waals surface area (Å²) in [4.78, 5) is 22.0. The molecule has 0 aliphatic heterocycles. The summed E-state index contributed by atoms with van der Waals surface area (Å²) in [7, 11) is 0. The van der Waals surface area contributed by atoms with Gasteiger partial charge in [-0.1, -0.05) is 35.0 Å². The Bertz CT molecular complexity index is 877. The molecule has 1 aromatic carbocycles. The molecule has 1 aliphatic carbocycles. The number of hydrogen-bond acceptors (Lipinski definition) is 4. The molecule has 1 heterocycles. The maximum absolute atomic E-state index is 12.7. The van der Waals surface area contributed by atoms with Crippen molar-refractivity contribution in [1.82, 2.24) is 14.9 Å². The predicted octanol–water partition coefficient (Wildman–Crippen LogP) is 4.86. The third-order valence-corrected chi connectivity index (χ3v) is 4.94. The number of benzene rings is 1. The minimum Gasteiger partial charge on any atom is -0.444 e. The molecule has 1 N–H and O–H groups in total. The third kappa shape index (κ3) is 4.69. The second-order valence-corrected chi connectivity index (χ2v) is 8.83. The van der Waals surface area contributed by atoms with Crippen LogP contribution in [0.15, 0.2) is 28.7 Å². The van der Waals surface area contributed by atoms with Crippen molar-refractivity contribution in [3.63, 3.8) is 0 Å². The second kappa shape index (κ2) is 7.35. The van der Waals surface area contributed by atoms with Gasteiger partial charge in [0.1, 0.15) is 17.5 Å². The number of aromatic nitrogens is 2. The van der Waals surface area contributed by atoms with Crippen LogP contribution in [0.25, 0.3) is 11.3 Å². The number of hydrogen-bond donors (Lipinski definition) is 1. The van der Waals surface area contributed by atoms with Crippen LogP contribution in [0, 0.1) is 17.2 Å². The molecule has 6 nitrogen and oxygen atoms in total. The first-order chi connectivity index (χ1) is 12.7. The van der Waals surface area contributed by atoms with Crippen LogP contribution in [0.4, 0.5) is 4.79 Å². The van der Waals surface area contributed by atoms with Gasteiger partial charge >= 0.3 is 6.09 Å². The molecule has 0 saturated heterocycles. The minimum absolute atomic E-state index is 0.145. The van der Waals surface area contributed by atoms with E-state index in [1.54, 1.807) is 4.90 Å². The number of aromatic amines is 1. The Balaban J connectivity index is 1.85. The molecule has 1 fully saturated rings. The van der Waals surface area contributed by atoms with Gasteiger partial charge in [0.05, 0.1) is 12.2 Å². The van der Waals surface area contributed by atoms with Crippen molar-refractivity contribution in [3.05, 3.63) is 40.3 Å². The molecule has 2 atom stereocenters. The zero-order valence-corrected chi connectivity index (χ0v) is 17.5. The Kier molecular flexibility index (Phi) is 5.29. The van der Waals surface area contributed by atoms with Gasteiger partial charge in [0.25, 0.3) is 0 Å². The summed E-state index contributed by atoms with van der Waals surface area (Å²) in [5.74, 6) is 1.02. The summed E-state index contributed by atoms with van der Waals surface area (Å²) in [6, 6.07) is 9.93. The molecular weight excluding hydrogens is 408 g/mol. The highest BCUT2D eigenvalue weighted by Crippen LogP contribution is 2.37. The van der Waals surface area contributed by atoms with Crippen LogP contribution in [0.3, 0.4) is 0 Å². The highest BCUT2D eigenvalue weighted by Gasteiger charge is 2.42. The van der Waals surface area contributed by atoms with Crippen LogP contribution in [0.5, 0.6) is 0 Å². The summed E-state index contributed by atoms with van der Waals surface area (Å²) in [5, 5.41) is 9.46. The maximum Gasteiger partial charge on any atom is 0.410 e. The fraction of sp³-hybridized carbons (Fsp3) is 0.450. The highest BCUT2D eigenvalue weighted by atomic mass is 79.9. The van der Waals surface area contributed by atoms with Crippen molar-refractivity contribution in [1.29, 1.82) is 5.26 Å². The fourth-order valence-electron chi connectivity index (χ4n) is 2.94. The fourth-order valence-corrected chi connectivity index (χ4v) is 3.20. The monoisotopic (exact) mass is 430 g/mol. The Morgan fingerprint density at radius 3 is 2.56 bits per heavy atom. The Morgan fingerprint density at radius 1 is 1.41 bits per heavy atom. The lowest BCUT2D eigenvalue weighted by Gasteiger charge is -2.27. The van der Waals surface area contributed by atoms with E-state index in [2.05, 4.69) is 38.9 Å². The number of amides is 1. The third-order valence-electron chi connectivity index (χ3n) is 4.41. The number of carbonyl (C=O) groups excluding carboxylic acids is 1. The molecule has 0 spiro atoms. The summed E-state index contributed by atoms with van der Waals surface area (Å²) < 4.78 is 6.52. The average molecular weight is 431 g/mol. The van der Waals surface area contributed by atoms with Crippen LogP contribution < -0.4 is 0 Å². The summed E-state index contributed by atoms with van der Waals surface area (Å²) >= 11 is 3.41. The highest BCUT2D eigenvalue weighted by molar-refractivity contribution is 9.10. The van der Waals surface area contributed by atoms with E-state index < -0.39 is 5.60 Å². The Morgan fingerprint density at radius 2 is 2.04 bits per heavy atom. The van der Waals surface area contributed by atoms with E-state index in [1.807, 2.05) is 45.0 Å². The number of H-pyrrole nitrogens is 1. The van der Waals surface area contributed by atoms with Crippen molar-refractivity contribution < 1.29 is 9.53 Å². The van der Waals surface area contributed by atoms with Gasteiger partial charge in [-0.3, -0.25) is 4.90 Å². The first-order valence-corrected chi connectivity index (χ1v) is 9.72. The lowest BCUT2D eigenvalue weighted by Crippen LogP contribution is -2.38. The topological polar surface area (TPSA) is 82.0 Å². The van der Waals surface area contributed by atoms with E-state index in [-0.39, 0.29) is 18.7 Å². The van der Waals surface area contributed by atoms with Crippen LogP contribution in [0.1, 0.15) is 45.6 Å². The van der Waals surface area contributed by atoms with Gasteiger partial charge in [-0.05, 0) is 45.2 Å². The molecule has 7 heteroatoms. The van der Waals surface area contributed by atoms with Crippen molar-refractivity contribution >= 4 is 22.0 Å². The van der Waals surface area contributed by atoms with E-state index >= 15 is 0 Å². The number of nitrogens with zero attached hydrogens (tertiary/aromatic N) is 3. The Labute approximate surface area is 167 Å². The van der Waals surface area contributed by atoms with Gasteiger partial charge in [0, 0.05) is 16.1 Å². The number of halogens is 1. The molecule has 0 radical (unpaired) electrons. The molecule has 1 aromatic heterocycles. The van der Waals surface area contributed by atoms with Gasteiger partial charge < -0.3 is 9.72 Å². The molecule has 27 heavy (non-hydrogen) atoms. The smallest absolute Gasteiger partial charge is 0.410 e. The van der Waals surface area contributed by atoms with Gasteiger partial charge in [-0.2, -0.15) is 5.26 Å².